The molecule has 5 heterocycles. The topological polar surface area (TPSA) is 207 Å². The standard InChI is InChI=1S/C30H38O14/c1-11(2)28-22(43-28)23-30(44-23)27(3)7-6-12-13(9-39-24(12)36)14(27)8-16-29(30,42-16)26(28)41-18(32)5-4-17(31)38-10-15-19(33)20(34)21(35)25(37)40-15/h11,14-16,19-23,25-26,33-35,37H,4-10H2,1-3H3/t14-,15?,16-,19+,20?,21-,22-,23-,25+,26+,27-,28-,29+,30+/m0/s1. The zero-order valence-electron chi connectivity index (χ0n) is 24.7. The third-order valence-corrected chi connectivity index (χ3v) is 11.9. The Morgan fingerprint density at radius 1 is 1.00 bits per heavy atom. The van der Waals surface area contributed by atoms with Crippen LogP contribution in [0.4, 0.5) is 0 Å². The van der Waals surface area contributed by atoms with E-state index in [1.165, 1.54) is 0 Å². The number of esters is 3. The number of aliphatic hydroxyl groups is 4. The number of carbonyl (C=O) groups is 3. The number of ether oxygens (including phenoxy) is 7. The highest BCUT2D eigenvalue weighted by atomic mass is 16.8. The van der Waals surface area contributed by atoms with Crippen LogP contribution in [-0.4, -0.2) is 123 Å². The van der Waals surface area contributed by atoms with Crippen molar-refractivity contribution < 1.29 is 68.0 Å². The van der Waals surface area contributed by atoms with Crippen molar-refractivity contribution in [3.8, 4) is 0 Å². The Balaban J connectivity index is 0.974. The summed E-state index contributed by atoms with van der Waals surface area (Å²) >= 11 is 0. The fourth-order valence-corrected chi connectivity index (χ4v) is 9.55. The minimum absolute atomic E-state index is 0.0186. The molecule has 2 spiro atoms. The summed E-state index contributed by atoms with van der Waals surface area (Å²) in [6.07, 6.45) is -8.18. The molecule has 0 radical (unpaired) electrons. The van der Waals surface area contributed by atoms with Crippen molar-refractivity contribution in [1.29, 1.82) is 0 Å². The summed E-state index contributed by atoms with van der Waals surface area (Å²) in [5.74, 6) is -1.62. The number of carbonyl (C=O) groups excluding carboxylic acids is 3. The van der Waals surface area contributed by atoms with Crippen LogP contribution in [0.2, 0.25) is 0 Å². The number of hydrogen-bond donors (Lipinski definition) is 4. The number of cyclic esters (lactones) is 1. The van der Waals surface area contributed by atoms with E-state index in [1.807, 2.05) is 13.8 Å². The van der Waals surface area contributed by atoms with Gasteiger partial charge in [-0.1, -0.05) is 20.8 Å². The van der Waals surface area contributed by atoms with Crippen molar-refractivity contribution in [2.45, 2.75) is 125 Å². The van der Waals surface area contributed by atoms with Gasteiger partial charge in [-0.3, -0.25) is 9.59 Å². The quantitative estimate of drug-likeness (QED) is 0.149. The predicted octanol–water partition coefficient (Wildman–Crippen LogP) is -1.22. The van der Waals surface area contributed by atoms with E-state index in [-0.39, 0.29) is 61.0 Å². The Morgan fingerprint density at radius 2 is 1.75 bits per heavy atom. The largest absolute Gasteiger partial charge is 0.463 e. The van der Waals surface area contributed by atoms with Crippen molar-refractivity contribution in [2.24, 2.45) is 17.3 Å². The van der Waals surface area contributed by atoms with Crippen LogP contribution in [-0.2, 0) is 47.5 Å². The van der Waals surface area contributed by atoms with Crippen LogP contribution in [0, 0.1) is 17.3 Å². The number of epoxide rings is 3. The third-order valence-electron chi connectivity index (χ3n) is 11.9. The van der Waals surface area contributed by atoms with Crippen molar-refractivity contribution in [2.75, 3.05) is 13.2 Å². The monoisotopic (exact) mass is 622 g/mol. The molecule has 242 valence electrons. The van der Waals surface area contributed by atoms with E-state index < -0.39 is 72.2 Å². The van der Waals surface area contributed by atoms with Crippen LogP contribution in [0.15, 0.2) is 11.1 Å². The van der Waals surface area contributed by atoms with Crippen LogP contribution in [0.5, 0.6) is 0 Å². The summed E-state index contributed by atoms with van der Waals surface area (Å²) in [5, 5.41) is 39.2. The van der Waals surface area contributed by atoms with Crippen LogP contribution >= 0.6 is 0 Å². The van der Waals surface area contributed by atoms with E-state index in [1.54, 1.807) is 0 Å². The van der Waals surface area contributed by atoms with Gasteiger partial charge in [0.2, 0.25) is 0 Å². The Labute approximate surface area is 252 Å². The molecule has 14 nitrogen and oxygen atoms in total. The Kier molecular flexibility index (Phi) is 6.13. The van der Waals surface area contributed by atoms with Gasteiger partial charge in [0.1, 0.15) is 61.0 Å². The zero-order chi connectivity index (χ0) is 31.1. The summed E-state index contributed by atoms with van der Waals surface area (Å²) < 4.78 is 41.4. The van der Waals surface area contributed by atoms with Crippen LogP contribution in [0.1, 0.15) is 52.9 Å². The molecule has 44 heavy (non-hydrogen) atoms. The minimum atomic E-state index is -1.76. The molecule has 3 aliphatic carbocycles. The van der Waals surface area contributed by atoms with Gasteiger partial charge >= 0.3 is 17.9 Å². The molecule has 0 amide bonds. The Bertz CT molecular complexity index is 1350. The molecular formula is C30H38O14. The van der Waals surface area contributed by atoms with E-state index in [0.29, 0.717) is 19.3 Å². The Hall–Kier alpha value is -2.17. The summed E-state index contributed by atoms with van der Waals surface area (Å²) in [6, 6.07) is 0. The number of hydrogen-bond acceptors (Lipinski definition) is 14. The second-order valence-corrected chi connectivity index (χ2v) is 14.1. The van der Waals surface area contributed by atoms with Gasteiger partial charge in [0.25, 0.3) is 0 Å². The van der Waals surface area contributed by atoms with Crippen molar-refractivity contribution in [3.63, 3.8) is 0 Å². The van der Waals surface area contributed by atoms with Gasteiger partial charge in [-0.15, -0.1) is 0 Å². The molecule has 8 rings (SSSR count). The molecule has 0 bridgehead atoms. The fraction of sp³-hybridized carbons (Fsp3) is 0.833. The zero-order valence-corrected chi connectivity index (χ0v) is 24.7. The molecule has 0 aromatic heterocycles. The van der Waals surface area contributed by atoms with E-state index in [0.717, 1.165) is 11.1 Å². The predicted molar refractivity (Wildman–Crippen MR) is 140 cm³/mol. The SMILES string of the molecule is CC(C)[C@]12O[C@H]1[C@@H]1O[C@]13[C@]1(O[C@H]1C[C@H]1C4=C(CC[C@@]13C)C(=O)OC4)[C@@H]2OC(=O)CCC(=O)OCC1O[C@@H](O)[C@@H](O)C(O)[C@@H]1O. The Morgan fingerprint density at radius 3 is 2.50 bits per heavy atom. The average molecular weight is 623 g/mol. The van der Waals surface area contributed by atoms with Gasteiger partial charge in [-0.25, -0.2) is 4.79 Å². The van der Waals surface area contributed by atoms with Crippen molar-refractivity contribution in [3.05, 3.63) is 11.1 Å². The third kappa shape index (κ3) is 3.46. The van der Waals surface area contributed by atoms with E-state index in [4.69, 9.17) is 33.2 Å². The van der Waals surface area contributed by atoms with Gasteiger partial charge in [-0.2, -0.15) is 0 Å². The molecule has 0 aromatic carbocycles. The highest BCUT2D eigenvalue weighted by Crippen LogP contribution is 2.83. The lowest BCUT2D eigenvalue weighted by molar-refractivity contribution is -0.287. The molecule has 0 aromatic rings. The second kappa shape index (κ2) is 9.22. The molecule has 14 atom stereocenters. The first-order valence-corrected chi connectivity index (χ1v) is 15.5. The first kappa shape index (κ1) is 29.2. The molecule has 14 heteroatoms. The van der Waals surface area contributed by atoms with E-state index in [2.05, 4.69) is 6.92 Å². The molecule has 4 N–H and O–H groups in total. The van der Waals surface area contributed by atoms with Gasteiger partial charge in [0, 0.05) is 11.0 Å². The molecular weight excluding hydrogens is 584 g/mol. The first-order chi connectivity index (χ1) is 20.8. The van der Waals surface area contributed by atoms with Crippen LogP contribution < -0.4 is 0 Å². The van der Waals surface area contributed by atoms with E-state index in [9.17, 15) is 34.8 Å². The maximum atomic E-state index is 13.3. The van der Waals surface area contributed by atoms with Crippen LogP contribution in [0.3, 0.4) is 0 Å². The number of fused-ring (bicyclic) bond motifs is 4. The highest BCUT2D eigenvalue weighted by Gasteiger charge is 3.01. The fourth-order valence-electron chi connectivity index (χ4n) is 9.55. The van der Waals surface area contributed by atoms with Crippen LogP contribution in [0.25, 0.3) is 0 Å². The molecule has 5 aliphatic heterocycles. The first-order valence-electron chi connectivity index (χ1n) is 15.5. The molecule has 2 unspecified atom stereocenters. The molecule has 8 aliphatic rings. The summed E-state index contributed by atoms with van der Waals surface area (Å²) in [4.78, 5) is 38.2. The van der Waals surface area contributed by atoms with Crippen molar-refractivity contribution >= 4 is 17.9 Å². The molecule has 4 saturated heterocycles. The van der Waals surface area contributed by atoms with E-state index >= 15 is 0 Å². The van der Waals surface area contributed by atoms with Crippen molar-refractivity contribution in [1.82, 2.24) is 0 Å². The maximum absolute atomic E-state index is 13.3. The van der Waals surface area contributed by atoms with Gasteiger partial charge in [0.05, 0.1) is 18.9 Å². The smallest absolute Gasteiger partial charge is 0.334 e. The van der Waals surface area contributed by atoms with Gasteiger partial charge < -0.3 is 53.6 Å². The summed E-state index contributed by atoms with van der Waals surface area (Å²) in [6.45, 7) is 6.01. The molecule has 2 saturated carbocycles. The second-order valence-electron chi connectivity index (χ2n) is 14.1. The minimum Gasteiger partial charge on any atom is -0.463 e. The lowest BCUT2D eigenvalue weighted by Gasteiger charge is -2.53. The number of rotatable bonds is 7. The number of aliphatic hydroxyl groups excluding tert-OH is 4. The summed E-state index contributed by atoms with van der Waals surface area (Å²) in [7, 11) is 0. The lowest BCUT2D eigenvalue weighted by atomic mass is 9.46. The summed E-state index contributed by atoms with van der Waals surface area (Å²) in [5.41, 5.74) is -1.01. The van der Waals surface area contributed by atoms with Gasteiger partial charge in [-0.05, 0) is 36.7 Å². The molecule has 6 fully saturated rings. The highest BCUT2D eigenvalue weighted by molar-refractivity contribution is 5.92. The normalized spacial score (nSPS) is 52.4. The van der Waals surface area contributed by atoms with Gasteiger partial charge in [0.15, 0.2) is 18.0 Å². The average Bonchev–Trinajstić information content (AvgIpc) is 3.90. The lowest BCUT2D eigenvalue weighted by Crippen LogP contribution is -2.70. The maximum Gasteiger partial charge on any atom is 0.334 e.